The van der Waals surface area contributed by atoms with Crippen LogP contribution in [0.2, 0.25) is 0 Å². The molecule has 0 amide bonds. The first-order valence-electron chi connectivity index (χ1n) is 5.70. The van der Waals surface area contributed by atoms with E-state index >= 15 is 0 Å². The third kappa shape index (κ3) is 2.48. The summed E-state index contributed by atoms with van der Waals surface area (Å²) in [6.45, 7) is 4.40. The topological polar surface area (TPSA) is 43.8 Å². The molecule has 1 fully saturated rings. The summed E-state index contributed by atoms with van der Waals surface area (Å²) >= 11 is 1.79. The van der Waals surface area contributed by atoms with Crippen LogP contribution in [-0.2, 0) is 0 Å². The lowest BCUT2D eigenvalue weighted by Crippen LogP contribution is -2.11. The standard InChI is InChI=1S/C11H19N3S/c1-3-6-15-11-7-10(12)14(13-11)8(2)9-4-5-9/h7-9H,3-6,12H2,1-2H3. The van der Waals surface area contributed by atoms with Gasteiger partial charge in [0, 0.05) is 6.07 Å². The summed E-state index contributed by atoms with van der Waals surface area (Å²) in [6.07, 6.45) is 3.84. The van der Waals surface area contributed by atoms with Gasteiger partial charge in [0.1, 0.15) is 10.8 Å². The van der Waals surface area contributed by atoms with Crippen molar-refractivity contribution in [3.05, 3.63) is 6.07 Å². The molecule has 1 atom stereocenters. The van der Waals surface area contributed by atoms with Crippen LogP contribution in [0.5, 0.6) is 0 Å². The number of nitrogen functional groups attached to an aromatic ring is 1. The molecule has 15 heavy (non-hydrogen) atoms. The molecule has 0 aromatic carbocycles. The Labute approximate surface area is 95.4 Å². The van der Waals surface area contributed by atoms with Crippen LogP contribution >= 0.6 is 11.8 Å². The molecule has 1 aromatic rings. The van der Waals surface area contributed by atoms with E-state index in [9.17, 15) is 0 Å². The third-order valence-electron chi connectivity index (χ3n) is 2.89. The molecule has 1 heterocycles. The second-order valence-electron chi connectivity index (χ2n) is 4.28. The number of anilines is 1. The molecule has 84 valence electrons. The highest BCUT2D eigenvalue weighted by molar-refractivity contribution is 7.99. The average Bonchev–Trinajstić information content (AvgIpc) is 2.99. The molecular weight excluding hydrogens is 206 g/mol. The van der Waals surface area contributed by atoms with Crippen molar-refractivity contribution in [3.63, 3.8) is 0 Å². The predicted octanol–water partition coefficient (Wildman–Crippen LogP) is 2.94. The van der Waals surface area contributed by atoms with Crippen molar-refractivity contribution in [2.24, 2.45) is 5.92 Å². The highest BCUT2D eigenvalue weighted by atomic mass is 32.2. The molecule has 1 unspecified atom stereocenters. The summed E-state index contributed by atoms with van der Waals surface area (Å²) in [5.41, 5.74) is 5.97. The molecule has 1 saturated carbocycles. The first kappa shape index (κ1) is 10.9. The Bertz CT molecular complexity index is 331. The number of hydrogen-bond acceptors (Lipinski definition) is 3. The maximum Gasteiger partial charge on any atom is 0.123 e. The number of thioether (sulfide) groups is 1. The van der Waals surface area contributed by atoms with Crippen LogP contribution in [0.4, 0.5) is 5.82 Å². The molecule has 0 aliphatic heterocycles. The fourth-order valence-corrected chi connectivity index (χ4v) is 2.53. The number of rotatable bonds is 5. The third-order valence-corrected chi connectivity index (χ3v) is 3.99. The van der Waals surface area contributed by atoms with Crippen molar-refractivity contribution in [2.45, 2.75) is 44.2 Å². The van der Waals surface area contributed by atoms with Gasteiger partial charge in [-0.3, -0.25) is 0 Å². The van der Waals surface area contributed by atoms with E-state index < -0.39 is 0 Å². The zero-order chi connectivity index (χ0) is 10.8. The van der Waals surface area contributed by atoms with Crippen molar-refractivity contribution in [3.8, 4) is 0 Å². The Hall–Kier alpha value is -0.640. The van der Waals surface area contributed by atoms with Gasteiger partial charge < -0.3 is 5.73 Å². The molecule has 0 radical (unpaired) electrons. The SMILES string of the molecule is CCCSc1cc(N)n(C(C)C2CC2)n1. The van der Waals surface area contributed by atoms with E-state index in [-0.39, 0.29) is 0 Å². The van der Waals surface area contributed by atoms with Gasteiger partial charge in [-0.2, -0.15) is 5.10 Å². The van der Waals surface area contributed by atoms with Crippen molar-refractivity contribution in [2.75, 3.05) is 11.5 Å². The van der Waals surface area contributed by atoms with Gasteiger partial charge in [0.15, 0.2) is 0 Å². The Morgan fingerprint density at radius 2 is 2.40 bits per heavy atom. The summed E-state index contributed by atoms with van der Waals surface area (Å²) in [4.78, 5) is 0. The molecule has 1 aliphatic carbocycles. The van der Waals surface area contributed by atoms with Gasteiger partial charge in [0.05, 0.1) is 6.04 Å². The first-order valence-corrected chi connectivity index (χ1v) is 6.68. The smallest absolute Gasteiger partial charge is 0.123 e. The number of aromatic nitrogens is 2. The minimum absolute atomic E-state index is 0.473. The lowest BCUT2D eigenvalue weighted by molar-refractivity contribution is 0.439. The van der Waals surface area contributed by atoms with Gasteiger partial charge in [0.2, 0.25) is 0 Å². The average molecular weight is 225 g/mol. The minimum Gasteiger partial charge on any atom is -0.384 e. The van der Waals surface area contributed by atoms with Gasteiger partial charge in [-0.1, -0.05) is 6.92 Å². The Morgan fingerprint density at radius 3 is 3.00 bits per heavy atom. The van der Waals surface area contributed by atoms with Gasteiger partial charge in [-0.15, -0.1) is 11.8 Å². The molecule has 3 nitrogen and oxygen atoms in total. The van der Waals surface area contributed by atoms with Gasteiger partial charge in [-0.05, 0) is 37.9 Å². The lowest BCUT2D eigenvalue weighted by atomic mass is 10.2. The van der Waals surface area contributed by atoms with E-state index in [1.165, 1.54) is 19.3 Å². The molecule has 1 aromatic heterocycles. The van der Waals surface area contributed by atoms with Gasteiger partial charge >= 0.3 is 0 Å². The second kappa shape index (κ2) is 4.47. The molecule has 2 N–H and O–H groups in total. The van der Waals surface area contributed by atoms with E-state index in [1.54, 1.807) is 11.8 Å². The van der Waals surface area contributed by atoms with Crippen molar-refractivity contribution in [1.29, 1.82) is 0 Å². The normalized spacial score (nSPS) is 18.0. The lowest BCUT2D eigenvalue weighted by Gasteiger charge is -2.11. The van der Waals surface area contributed by atoms with Gasteiger partial charge in [0.25, 0.3) is 0 Å². The maximum absolute atomic E-state index is 5.97. The van der Waals surface area contributed by atoms with Gasteiger partial charge in [-0.25, -0.2) is 4.68 Å². The molecule has 0 saturated heterocycles. The Kier molecular flexibility index (Phi) is 3.24. The van der Waals surface area contributed by atoms with Crippen molar-refractivity contribution >= 4 is 17.6 Å². The van der Waals surface area contributed by atoms with Crippen molar-refractivity contribution < 1.29 is 0 Å². The van der Waals surface area contributed by atoms with Crippen LogP contribution in [0, 0.1) is 5.92 Å². The van der Waals surface area contributed by atoms with Crippen molar-refractivity contribution in [1.82, 2.24) is 9.78 Å². The predicted molar refractivity (Wildman–Crippen MR) is 65.1 cm³/mol. The Morgan fingerprint density at radius 1 is 1.67 bits per heavy atom. The summed E-state index contributed by atoms with van der Waals surface area (Å²) < 4.78 is 2.00. The summed E-state index contributed by atoms with van der Waals surface area (Å²) in [5, 5.41) is 5.63. The molecule has 4 heteroatoms. The molecule has 0 bridgehead atoms. The van der Waals surface area contributed by atoms with Crippen LogP contribution in [0.3, 0.4) is 0 Å². The summed E-state index contributed by atoms with van der Waals surface area (Å²) in [6, 6.07) is 2.47. The van der Waals surface area contributed by atoms with Crippen LogP contribution in [-0.4, -0.2) is 15.5 Å². The molecule has 0 spiro atoms. The van der Waals surface area contributed by atoms with Crippen LogP contribution in [0.1, 0.15) is 39.2 Å². The number of hydrogen-bond donors (Lipinski definition) is 1. The monoisotopic (exact) mass is 225 g/mol. The minimum atomic E-state index is 0.473. The van der Waals surface area contributed by atoms with E-state index in [0.717, 1.165) is 22.5 Å². The summed E-state index contributed by atoms with van der Waals surface area (Å²) in [5.74, 6) is 2.73. The fraction of sp³-hybridized carbons (Fsp3) is 0.727. The zero-order valence-corrected chi connectivity index (χ0v) is 10.3. The quantitative estimate of drug-likeness (QED) is 0.784. The second-order valence-corrected chi connectivity index (χ2v) is 5.39. The fourth-order valence-electron chi connectivity index (χ4n) is 1.77. The van der Waals surface area contributed by atoms with E-state index in [2.05, 4.69) is 18.9 Å². The van der Waals surface area contributed by atoms with E-state index in [0.29, 0.717) is 6.04 Å². The van der Waals surface area contributed by atoms with Crippen LogP contribution in [0.15, 0.2) is 11.1 Å². The molecule has 2 rings (SSSR count). The number of nitrogens with zero attached hydrogens (tertiary/aromatic N) is 2. The van der Waals surface area contributed by atoms with Crippen LogP contribution < -0.4 is 5.73 Å². The van der Waals surface area contributed by atoms with E-state index in [4.69, 9.17) is 5.73 Å². The molecular formula is C11H19N3S. The highest BCUT2D eigenvalue weighted by Crippen LogP contribution is 2.40. The van der Waals surface area contributed by atoms with E-state index in [1.807, 2.05) is 10.7 Å². The zero-order valence-electron chi connectivity index (χ0n) is 9.44. The first-order chi connectivity index (χ1) is 7.22. The largest absolute Gasteiger partial charge is 0.384 e. The van der Waals surface area contributed by atoms with Crippen LogP contribution in [0.25, 0.3) is 0 Å². The molecule has 1 aliphatic rings. The number of nitrogens with two attached hydrogens (primary N) is 1. The maximum atomic E-state index is 5.97. The highest BCUT2D eigenvalue weighted by Gasteiger charge is 2.30. The summed E-state index contributed by atoms with van der Waals surface area (Å²) in [7, 11) is 0. The Balaban J connectivity index is 2.06.